The molecule has 5 unspecified atom stereocenters. The second-order valence-corrected chi connectivity index (χ2v) is 24.5. The molecule has 0 radical (unpaired) electrons. The van der Waals surface area contributed by atoms with Crippen molar-refractivity contribution in [3.05, 3.63) is 125 Å². The van der Waals surface area contributed by atoms with E-state index in [1.54, 1.807) is 19.1 Å². The number of nitrogens with zero attached hydrogens (tertiary/aromatic N) is 1. The van der Waals surface area contributed by atoms with Crippen LogP contribution in [0.4, 0.5) is 0 Å². The van der Waals surface area contributed by atoms with Gasteiger partial charge in [0, 0.05) is 65.9 Å². The van der Waals surface area contributed by atoms with Gasteiger partial charge in [-0.25, -0.2) is 13.1 Å². The molecule has 0 saturated heterocycles. The van der Waals surface area contributed by atoms with Crippen LogP contribution in [0.2, 0.25) is 0 Å². The van der Waals surface area contributed by atoms with Crippen molar-refractivity contribution in [3.63, 3.8) is 0 Å². The van der Waals surface area contributed by atoms with E-state index in [2.05, 4.69) is 88.1 Å². The van der Waals surface area contributed by atoms with E-state index in [9.17, 15) is 22.8 Å². The summed E-state index contributed by atoms with van der Waals surface area (Å²) in [6, 6.07) is 25.5. The first kappa shape index (κ1) is 62.0. The van der Waals surface area contributed by atoms with E-state index < -0.39 is 15.9 Å². The van der Waals surface area contributed by atoms with Crippen molar-refractivity contribution in [2.75, 3.05) is 27.2 Å². The lowest BCUT2D eigenvalue weighted by Gasteiger charge is -2.50. The monoisotopic (exact) mass is 1040 g/mol. The molecule has 10 atom stereocenters. The Kier molecular flexibility index (Phi) is 23.9. The Labute approximate surface area is 444 Å². The number of rotatable bonds is 31. The number of sulfonamides is 1. The van der Waals surface area contributed by atoms with Crippen LogP contribution in [0.5, 0.6) is 0 Å². The number of hydrogen-bond donors (Lipinski definition) is 8. The van der Waals surface area contributed by atoms with Crippen molar-refractivity contribution in [3.8, 4) is 0 Å². The largest absolute Gasteiger partial charge is 0.330 e. The highest BCUT2D eigenvalue weighted by Gasteiger charge is 2.46. The molecule has 3 aromatic rings. The first-order chi connectivity index (χ1) is 34.9. The summed E-state index contributed by atoms with van der Waals surface area (Å²) < 4.78 is 30.1. The molecule has 0 saturated carbocycles. The fourth-order valence-electron chi connectivity index (χ4n) is 11.5. The third-order valence-corrected chi connectivity index (χ3v) is 17.1. The number of hydrogen-bond acceptors (Lipinski definition) is 12. The predicted octanol–water partition coefficient (Wildman–Crippen LogP) is 6.47. The van der Waals surface area contributed by atoms with Gasteiger partial charge in [0.2, 0.25) is 0 Å². The number of carbonyl (C=O) groups is 3. The molecule has 0 aliphatic carbocycles. The Hall–Kier alpha value is -4.58. The normalized spacial score (nSPS) is 17.9. The molecule has 14 nitrogen and oxygen atoms in total. The van der Waals surface area contributed by atoms with Crippen molar-refractivity contribution >= 4 is 27.7 Å². The van der Waals surface area contributed by atoms with E-state index in [1.165, 1.54) is 34.7 Å². The maximum absolute atomic E-state index is 13.9. The average Bonchev–Trinajstić information content (AvgIpc) is 3.67. The lowest BCUT2D eigenvalue weighted by molar-refractivity contribution is -0.136. The van der Waals surface area contributed by atoms with Crippen LogP contribution in [0, 0.1) is 35.0 Å². The highest BCUT2D eigenvalue weighted by atomic mass is 32.2. The van der Waals surface area contributed by atoms with Gasteiger partial charge in [0.15, 0.2) is 0 Å². The van der Waals surface area contributed by atoms with Gasteiger partial charge in [0.1, 0.15) is 0 Å². The first-order valence-electron chi connectivity index (χ1n) is 26.9. The second kappa shape index (κ2) is 28.5. The van der Waals surface area contributed by atoms with Gasteiger partial charge < -0.3 is 39.3 Å². The minimum absolute atomic E-state index is 0.0391. The first-order valence-corrected chi connectivity index (χ1v) is 28.4. The molecule has 0 bridgehead atoms. The highest BCUT2D eigenvalue weighted by molar-refractivity contribution is 7.90. The topological polar surface area (TPSA) is 255 Å². The second-order valence-electron chi connectivity index (χ2n) is 22.8. The van der Waals surface area contributed by atoms with Crippen molar-refractivity contribution in [2.24, 2.45) is 63.7 Å². The Morgan fingerprint density at radius 2 is 1.26 bits per heavy atom. The number of carbonyl (C=O) groups excluding carboxylic acids is 3. The Morgan fingerprint density at radius 3 is 1.80 bits per heavy atom. The maximum atomic E-state index is 13.9. The molecule has 410 valence electrons. The van der Waals surface area contributed by atoms with E-state index in [4.69, 9.17) is 28.7 Å². The number of amides is 3. The Bertz CT molecular complexity index is 2370. The van der Waals surface area contributed by atoms with Crippen LogP contribution in [0.25, 0.3) is 0 Å². The summed E-state index contributed by atoms with van der Waals surface area (Å²) in [6.45, 7) is 17.8. The molecule has 3 amide bonds. The minimum Gasteiger partial charge on any atom is -0.330 e. The SMILES string of the molecule is CNC([C@H](/C=C(\C)C(=O)NS(=O)(=O)c1ccc(CC(N)[C@@H](CCCCN)C(N)[C@@H](Cc2ccccc2)C(N)CCCCCN2C(=O)C=CC2=O)cc1)C(C)C)[C@@H](C(N)[C@@H](NC)C(C)(C)c1ccccc1)C(C)(C)C. The Balaban J connectivity index is 1.50. The molecule has 1 heterocycles. The van der Waals surface area contributed by atoms with Gasteiger partial charge >= 0.3 is 0 Å². The molecule has 4 rings (SSSR count). The summed E-state index contributed by atoms with van der Waals surface area (Å²) in [7, 11) is -0.368. The van der Waals surface area contributed by atoms with Crippen molar-refractivity contribution in [2.45, 2.75) is 160 Å². The van der Waals surface area contributed by atoms with Crippen LogP contribution in [-0.4, -0.2) is 94.5 Å². The molecule has 0 spiro atoms. The molecule has 0 aromatic heterocycles. The molecule has 74 heavy (non-hydrogen) atoms. The van der Waals surface area contributed by atoms with Crippen LogP contribution in [0.15, 0.2) is 114 Å². The van der Waals surface area contributed by atoms with Crippen LogP contribution >= 0.6 is 0 Å². The quantitative estimate of drug-likeness (QED) is 0.0196. The third kappa shape index (κ3) is 17.0. The van der Waals surface area contributed by atoms with Crippen molar-refractivity contribution in [1.29, 1.82) is 0 Å². The van der Waals surface area contributed by atoms with Crippen LogP contribution < -0.4 is 44.0 Å². The zero-order valence-corrected chi connectivity index (χ0v) is 47.0. The standard InChI is InChI=1S/C59H93N9O5S/c1-39(2)46(55(65-9)52(58(4,5)6)54(64)56(66-10)59(7,8)43-24-16-12-17-25-43)36-40(3)57(71)67-74(72,73)44-30-28-42(29-31-44)38-49(62)45(26-19-20-34-60)53(63)47(37-41-22-14-11-15-23-41)48(61)27-18-13-21-35-68-50(69)32-33-51(68)70/h11-12,14-17,22-25,28-33,36,39,45-49,52-56,65-66H,13,18-21,26-27,34-35,37-38,60-64H2,1-10H3,(H,67,71)/b40-36+/t45-,46-,47+,48?,49?,52-,53?,54?,55?,56-/m1/s1. The van der Waals surface area contributed by atoms with Gasteiger partial charge in [0.05, 0.1) is 4.90 Å². The van der Waals surface area contributed by atoms with Crippen molar-refractivity contribution in [1.82, 2.24) is 20.3 Å². The van der Waals surface area contributed by atoms with E-state index in [-0.39, 0.29) is 93.4 Å². The molecular weight excluding hydrogens is 947 g/mol. The van der Waals surface area contributed by atoms with Crippen LogP contribution in [0.3, 0.4) is 0 Å². The summed E-state index contributed by atoms with van der Waals surface area (Å²) in [4.78, 5) is 39.2. The number of benzene rings is 3. The molecule has 1 aliphatic rings. The highest BCUT2D eigenvalue weighted by Crippen LogP contribution is 2.41. The minimum atomic E-state index is -4.25. The zero-order chi connectivity index (χ0) is 55.0. The molecule has 1 aliphatic heterocycles. The number of likely N-dealkylation sites (N-methyl/N-ethyl adjacent to an activating group) is 1. The summed E-state index contributed by atoms with van der Waals surface area (Å²) in [5, 5.41) is 7.17. The summed E-state index contributed by atoms with van der Waals surface area (Å²) in [5.41, 5.74) is 37.6. The smallest absolute Gasteiger partial charge is 0.264 e. The van der Waals surface area contributed by atoms with E-state index in [0.29, 0.717) is 44.3 Å². The van der Waals surface area contributed by atoms with Gasteiger partial charge in [-0.05, 0) is 130 Å². The van der Waals surface area contributed by atoms with Gasteiger partial charge in [-0.1, -0.05) is 147 Å². The summed E-state index contributed by atoms with van der Waals surface area (Å²) in [6.07, 6.45) is 11.0. The lowest BCUT2D eigenvalue weighted by Crippen LogP contribution is -2.64. The fourth-order valence-corrected chi connectivity index (χ4v) is 12.5. The lowest BCUT2D eigenvalue weighted by atomic mass is 9.62. The third-order valence-electron chi connectivity index (χ3n) is 15.8. The van der Waals surface area contributed by atoms with E-state index in [0.717, 1.165) is 43.2 Å². The average molecular weight is 1040 g/mol. The van der Waals surface area contributed by atoms with Gasteiger partial charge in [-0.3, -0.25) is 19.3 Å². The van der Waals surface area contributed by atoms with Gasteiger partial charge in [-0.15, -0.1) is 0 Å². The maximum Gasteiger partial charge on any atom is 0.264 e. The van der Waals surface area contributed by atoms with Gasteiger partial charge in [0.25, 0.3) is 27.7 Å². The van der Waals surface area contributed by atoms with Crippen LogP contribution in [0.1, 0.15) is 117 Å². The van der Waals surface area contributed by atoms with Crippen molar-refractivity contribution < 1.29 is 22.8 Å². The van der Waals surface area contributed by atoms with Gasteiger partial charge in [-0.2, -0.15) is 0 Å². The summed E-state index contributed by atoms with van der Waals surface area (Å²) in [5.74, 6) is -1.67. The fraction of sp³-hybridized carbons (Fsp3) is 0.576. The molecule has 0 fully saturated rings. The van der Waals surface area contributed by atoms with E-state index in [1.807, 2.05) is 56.6 Å². The molecule has 3 aromatic carbocycles. The molecule has 13 N–H and O–H groups in total. The van der Waals surface area contributed by atoms with Crippen LogP contribution in [-0.2, 0) is 42.7 Å². The number of nitrogens with one attached hydrogen (secondary N) is 3. The Morgan fingerprint density at radius 1 is 0.689 bits per heavy atom. The number of imide groups is 1. The number of unbranched alkanes of at least 4 members (excludes halogenated alkanes) is 3. The predicted molar refractivity (Wildman–Crippen MR) is 302 cm³/mol. The summed E-state index contributed by atoms with van der Waals surface area (Å²) >= 11 is 0. The zero-order valence-electron chi connectivity index (χ0n) is 46.2. The molecular formula is C59H93N9O5S. The number of nitrogens with two attached hydrogens (primary N) is 5. The van der Waals surface area contributed by atoms with E-state index >= 15 is 0 Å². The molecule has 15 heteroatoms.